The standard InChI is InChI=1S/C35H52FN5O6/c1-23-8-6-14-37-31(43)11-10-24(2)33(25(3)21-40-16-12-27(13-17-40)39(4)5)47-35(45)30-9-7-15-41(30)34(44)29-22-46-32(38-29)20-26(36)19-28(42)18-23/h6,8,10-11,18,22,24-28,30,33,42H,7,9,12-17,19-21H2,1-5H3,(H,37,43)/b8-6?,11-10+,23-18?. The van der Waals surface area contributed by atoms with E-state index in [-0.39, 0.29) is 48.7 Å². The quantitative estimate of drug-likeness (QED) is 0.469. The number of hydrogen-bond donors (Lipinski definition) is 2. The maximum absolute atomic E-state index is 14.8. The molecule has 0 saturated carbocycles. The number of carbonyl (C=O) groups excluding carboxylic acids is 3. The first-order chi connectivity index (χ1) is 22.4. The molecule has 47 heavy (non-hydrogen) atoms. The molecule has 6 atom stereocenters. The highest BCUT2D eigenvalue weighted by atomic mass is 19.1. The minimum absolute atomic E-state index is 0.0000706. The van der Waals surface area contributed by atoms with Crippen molar-refractivity contribution in [2.75, 3.05) is 46.8 Å². The fourth-order valence-corrected chi connectivity index (χ4v) is 6.76. The molecule has 2 saturated heterocycles. The van der Waals surface area contributed by atoms with Crippen LogP contribution in [0.4, 0.5) is 4.39 Å². The van der Waals surface area contributed by atoms with Crippen molar-refractivity contribution in [1.82, 2.24) is 25.0 Å². The van der Waals surface area contributed by atoms with Crippen LogP contribution >= 0.6 is 0 Å². The van der Waals surface area contributed by atoms with E-state index in [9.17, 15) is 23.9 Å². The number of nitrogens with zero attached hydrogens (tertiary/aromatic N) is 4. The highest BCUT2D eigenvalue weighted by molar-refractivity contribution is 5.95. The Bertz CT molecular complexity index is 1300. The van der Waals surface area contributed by atoms with Gasteiger partial charge in [-0.2, -0.15) is 0 Å². The molecule has 0 aromatic carbocycles. The maximum Gasteiger partial charge on any atom is 0.329 e. The van der Waals surface area contributed by atoms with Gasteiger partial charge >= 0.3 is 5.97 Å². The van der Waals surface area contributed by atoms with E-state index in [1.807, 2.05) is 6.92 Å². The van der Waals surface area contributed by atoms with Crippen molar-refractivity contribution in [1.29, 1.82) is 0 Å². The molecule has 6 unspecified atom stereocenters. The fourth-order valence-electron chi connectivity index (χ4n) is 6.76. The molecule has 0 spiro atoms. The van der Waals surface area contributed by atoms with Crippen LogP contribution in [0.5, 0.6) is 0 Å². The largest absolute Gasteiger partial charge is 0.460 e. The number of aromatic nitrogens is 1. The number of nitrogens with one attached hydrogen (secondary N) is 1. The van der Waals surface area contributed by atoms with Crippen molar-refractivity contribution in [3.63, 3.8) is 0 Å². The summed E-state index contributed by atoms with van der Waals surface area (Å²) in [6.45, 7) is 9.04. The Morgan fingerprint density at radius 1 is 1.15 bits per heavy atom. The fraction of sp³-hybridized carbons (Fsp3) is 0.657. The molecule has 4 heterocycles. The molecule has 260 valence electrons. The van der Waals surface area contributed by atoms with Gasteiger partial charge in [-0.15, -0.1) is 0 Å². The summed E-state index contributed by atoms with van der Waals surface area (Å²) in [4.78, 5) is 50.2. The lowest BCUT2D eigenvalue weighted by Crippen LogP contribution is -2.47. The van der Waals surface area contributed by atoms with Crippen LogP contribution in [-0.2, 0) is 20.7 Å². The average molecular weight is 658 g/mol. The molecular formula is C35H52FN5O6. The van der Waals surface area contributed by atoms with Gasteiger partial charge in [-0.3, -0.25) is 9.59 Å². The van der Waals surface area contributed by atoms with Crippen molar-refractivity contribution in [2.45, 2.75) is 89.8 Å². The number of cyclic esters (lactones) is 1. The summed E-state index contributed by atoms with van der Waals surface area (Å²) in [5, 5.41) is 13.2. The number of alkyl halides is 1. The van der Waals surface area contributed by atoms with E-state index >= 15 is 0 Å². The predicted octanol–water partition coefficient (Wildman–Crippen LogP) is 3.31. The summed E-state index contributed by atoms with van der Waals surface area (Å²) in [7, 11) is 4.22. The summed E-state index contributed by atoms with van der Waals surface area (Å²) in [6.07, 6.45) is 9.27. The Hall–Kier alpha value is -3.35. The van der Waals surface area contributed by atoms with Crippen LogP contribution in [0.3, 0.4) is 0 Å². The van der Waals surface area contributed by atoms with Gasteiger partial charge in [0.05, 0.1) is 12.5 Å². The van der Waals surface area contributed by atoms with Gasteiger partial charge in [0.1, 0.15) is 24.6 Å². The Balaban J connectivity index is 1.55. The van der Waals surface area contributed by atoms with Gasteiger partial charge in [-0.05, 0) is 65.9 Å². The van der Waals surface area contributed by atoms with E-state index in [1.165, 1.54) is 17.2 Å². The second-order valence-electron chi connectivity index (χ2n) is 13.5. The van der Waals surface area contributed by atoms with Crippen molar-refractivity contribution >= 4 is 17.8 Å². The van der Waals surface area contributed by atoms with E-state index in [0.29, 0.717) is 25.4 Å². The molecule has 0 radical (unpaired) electrons. The molecule has 11 nitrogen and oxygen atoms in total. The summed E-state index contributed by atoms with van der Waals surface area (Å²) >= 11 is 0. The number of fused-ring (bicyclic) bond motifs is 3. The van der Waals surface area contributed by atoms with E-state index in [0.717, 1.165) is 38.0 Å². The highest BCUT2D eigenvalue weighted by Crippen LogP contribution is 2.27. The molecule has 2 bridgehead atoms. The number of rotatable bonds is 4. The smallest absolute Gasteiger partial charge is 0.329 e. The van der Waals surface area contributed by atoms with Gasteiger partial charge in [-0.1, -0.05) is 43.7 Å². The molecule has 3 aliphatic heterocycles. The predicted molar refractivity (Wildman–Crippen MR) is 176 cm³/mol. The zero-order valence-electron chi connectivity index (χ0n) is 28.4. The van der Waals surface area contributed by atoms with Gasteiger partial charge in [-0.25, -0.2) is 14.2 Å². The molecule has 2 N–H and O–H groups in total. The van der Waals surface area contributed by atoms with Crippen LogP contribution in [0.2, 0.25) is 0 Å². The van der Waals surface area contributed by atoms with Crippen LogP contribution in [0.15, 0.2) is 46.6 Å². The number of aliphatic hydroxyl groups excluding tert-OH is 1. The van der Waals surface area contributed by atoms with Crippen LogP contribution in [0.25, 0.3) is 0 Å². The molecule has 2 fully saturated rings. The van der Waals surface area contributed by atoms with E-state index in [2.05, 4.69) is 41.1 Å². The van der Waals surface area contributed by atoms with Crippen molar-refractivity contribution in [3.8, 4) is 0 Å². The van der Waals surface area contributed by atoms with Crippen LogP contribution in [0.1, 0.15) is 69.3 Å². The Morgan fingerprint density at radius 3 is 2.62 bits per heavy atom. The third kappa shape index (κ3) is 10.6. The number of likely N-dealkylation sites (tertiary alicyclic amines) is 1. The number of allylic oxidation sites excluding steroid dienone is 2. The molecule has 12 heteroatoms. The number of oxazole rings is 1. The molecule has 1 aromatic rings. The highest BCUT2D eigenvalue weighted by Gasteiger charge is 2.39. The number of aliphatic hydroxyl groups is 1. The van der Waals surface area contributed by atoms with Crippen molar-refractivity contribution in [3.05, 3.63) is 53.8 Å². The number of hydrogen-bond acceptors (Lipinski definition) is 9. The summed E-state index contributed by atoms with van der Waals surface area (Å²) in [5.74, 6) is -1.53. The van der Waals surface area contributed by atoms with Crippen LogP contribution in [-0.4, -0.2) is 120 Å². The number of carbonyl (C=O) groups is 3. The summed E-state index contributed by atoms with van der Waals surface area (Å²) in [5.41, 5.74) is 0.718. The minimum atomic E-state index is -1.46. The Labute approximate surface area is 277 Å². The normalized spacial score (nSPS) is 29.6. The number of esters is 1. The number of halogens is 1. The molecule has 3 aliphatic rings. The van der Waals surface area contributed by atoms with Gasteiger partial charge in [0.15, 0.2) is 11.6 Å². The second kappa shape index (κ2) is 17.2. The van der Waals surface area contributed by atoms with E-state index in [1.54, 1.807) is 31.2 Å². The second-order valence-corrected chi connectivity index (χ2v) is 13.5. The molecule has 1 aromatic heterocycles. The monoisotopic (exact) mass is 657 g/mol. The lowest BCUT2D eigenvalue weighted by atomic mass is 9.91. The maximum atomic E-state index is 14.8. The lowest BCUT2D eigenvalue weighted by Gasteiger charge is -2.38. The van der Waals surface area contributed by atoms with Crippen molar-refractivity contribution < 1.29 is 33.0 Å². The SMILES string of the molecule is CC1=CC(O)CC(F)Cc2nc(co2)C(=O)N2CCCC2C(=O)OC(C(C)CN2CCC(N(C)C)CC2)C(C)/C=C/C(=O)NCC=C1. The molecule has 4 rings (SSSR count). The zero-order valence-corrected chi connectivity index (χ0v) is 28.4. The van der Waals surface area contributed by atoms with E-state index < -0.39 is 36.3 Å². The topological polar surface area (TPSA) is 128 Å². The molecule has 0 aliphatic carbocycles. The first-order valence-electron chi connectivity index (χ1n) is 16.9. The van der Waals surface area contributed by atoms with Crippen molar-refractivity contribution in [2.24, 2.45) is 11.8 Å². The first kappa shape index (κ1) is 36.5. The Kier molecular flexibility index (Phi) is 13.3. The summed E-state index contributed by atoms with van der Waals surface area (Å²) < 4.78 is 26.5. The van der Waals surface area contributed by atoms with Crippen LogP contribution < -0.4 is 5.32 Å². The molecular weight excluding hydrogens is 605 g/mol. The Morgan fingerprint density at radius 2 is 1.89 bits per heavy atom. The van der Waals surface area contributed by atoms with Gasteiger partial charge in [0.2, 0.25) is 5.91 Å². The van der Waals surface area contributed by atoms with E-state index in [4.69, 9.17) is 9.15 Å². The average Bonchev–Trinajstić information content (AvgIpc) is 3.70. The lowest BCUT2D eigenvalue weighted by molar-refractivity contribution is -0.158. The van der Waals surface area contributed by atoms with Gasteiger partial charge in [0, 0.05) is 43.9 Å². The van der Waals surface area contributed by atoms with Crippen LogP contribution in [0, 0.1) is 11.8 Å². The van der Waals surface area contributed by atoms with Gasteiger partial charge in [0.25, 0.3) is 5.91 Å². The minimum Gasteiger partial charge on any atom is -0.460 e. The number of piperidine rings is 1. The first-order valence-corrected chi connectivity index (χ1v) is 16.9. The third-order valence-corrected chi connectivity index (χ3v) is 9.40. The van der Waals surface area contributed by atoms with Gasteiger partial charge < -0.3 is 34.3 Å². The number of ether oxygens (including phenoxy) is 1. The molecule has 2 amide bonds. The zero-order chi connectivity index (χ0) is 34.1. The third-order valence-electron chi connectivity index (χ3n) is 9.40. The summed E-state index contributed by atoms with van der Waals surface area (Å²) in [6, 6.07) is -0.241. The number of amides is 2.